The van der Waals surface area contributed by atoms with Crippen LogP contribution in [0.4, 0.5) is 15.9 Å². The van der Waals surface area contributed by atoms with Crippen molar-refractivity contribution in [2.75, 3.05) is 11.9 Å². The maximum Gasteiger partial charge on any atom is 0.309 e. The summed E-state index contributed by atoms with van der Waals surface area (Å²) in [6.07, 6.45) is 3.57. The number of esters is 1. The second-order valence-corrected chi connectivity index (χ2v) is 7.87. The third kappa shape index (κ3) is 3.49. The van der Waals surface area contributed by atoms with Gasteiger partial charge in [0.15, 0.2) is 0 Å². The lowest BCUT2D eigenvalue weighted by atomic mass is 9.88. The molecule has 1 aliphatic rings. The fraction of sp³-hybridized carbons (Fsp3) is 0.316. The molecule has 0 radical (unpaired) electrons. The van der Waals surface area contributed by atoms with Crippen molar-refractivity contribution in [1.82, 2.24) is 9.97 Å². The molecule has 27 heavy (non-hydrogen) atoms. The highest BCUT2D eigenvalue weighted by molar-refractivity contribution is 7.19. The van der Waals surface area contributed by atoms with Gasteiger partial charge in [-0.25, -0.2) is 14.4 Å². The van der Waals surface area contributed by atoms with Crippen LogP contribution in [-0.4, -0.2) is 22.5 Å². The summed E-state index contributed by atoms with van der Waals surface area (Å²) >= 11 is 7.38. The van der Waals surface area contributed by atoms with Crippen molar-refractivity contribution in [2.45, 2.75) is 26.2 Å². The molecule has 8 heteroatoms. The van der Waals surface area contributed by atoms with E-state index in [1.54, 1.807) is 23.5 Å². The van der Waals surface area contributed by atoms with Gasteiger partial charge in [0.05, 0.1) is 23.6 Å². The van der Waals surface area contributed by atoms with Gasteiger partial charge in [-0.05, 0) is 49.9 Å². The molecule has 0 saturated heterocycles. The molecule has 1 aliphatic carbocycles. The van der Waals surface area contributed by atoms with E-state index in [0.29, 0.717) is 29.6 Å². The number of anilines is 2. The molecule has 0 amide bonds. The van der Waals surface area contributed by atoms with Crippen LogP contribution in [0.25, 0.3) is 10.2 Å². The number of hydrogen-bond donors (Lipinski definition) is 1. The number of benzene rings is 1. The first-order valence-corrected chi connectivity index (χ1v) is 9.90. The molecule has 0 bridgehead atoms. The maximum absolute atomic E-state index is 14.2. The van der Waals surface area contributed by atoms with Gasteiger partial charge < -0.3 is 10.1 Å². The first-order valence-electron chi connectivity index (χ1n) is 8.70. The maximum atomic E-state index is 14.2. The second-order valence-electron chi connectivity index (χ2n) is 6.35. The zero-order chi connectivity index (χ0) is 19.0. The molecular formula is C19H17ClFN3O2S. The molecule has 0 fully saturated rings. The van der Waals surface area contributed by atoms with E-state index in [2.05, 4.69) is 15.3 Å². The molecular weight excluding hydrogens is 389 g/mol. The molecule has 3 aromatic rings. The molecule has 1 aromatic carbocycles. The van der Waals surface area contributed by atoms with Crippen LogP contribution >= 0.6 is 22.9 Å². The van der Waals surface area contributed by atoms with Crippen LogP contribution in [0.15, 0.2) is 24.5 Å². The summed E-state index contributed by atoms with van der Waals surface area (Å²) < 4.78 is 19.3. The van der Waals surface area contributed by atoms with Gasteiger partial charge in [-0.15, -0.1) is 11.3 Å². The van der Waals surface area contributed by atoms with Crippen molar-refractivity contribution in [3.63, 3.8) is 0 Å². The summed E-state index contributed by atoms with van der Waals surface area (Å²) in [5, 5.41) is 4.30. The van der Waals surface area contributed by atoms with Crippen LogP contribution in [0.2, 0.25) is 5.02 Å². The number of hydrogen-bond acceptors (Lipinski definition) is 6. The number of fused-ring (bicyclic) bond motifs is 3. The molecule has 5 nitrogen and oxygen atoms in total. The molecule has 1 atom stereocenters. The quantitative estimate of drug-likeness (QED) is 0.626. The van der Waals surface area contributed by atoms with Gasteiger partial charge >= 0.3 is 5.97 Å². The van der Waals surface area contributed by atoms with Gasteiger partial charge in [-0.1, -0.05) is 11.6 Å². The fourth-order valence-electron chi connectivity index (χ4n) is 3.38. The molecule has 4 rings (SSSR count). The number of thiophene rings is 1. The SMILES string of the molecule is CCOC(=O)C1CCc2c(sc3ncnc(Nc4ccc(Cl)cc4F)c23)C1. The van der Waals surface area contributed by atoms with Crippen molar-refractivity contribution < 1.29 is 13.9 Å². The lowest BCUT2D eigenvalue weighted by Crippen LogP contribution is -2.23. The van der Waals surface area contributed by atoms with Gasteiger partial charge in [-0.3, -0.25) is 4.79 Å². The Labute approximate surface area is 164 Å². The molecule has 1 unspecified atom stereocenters. The van der Waals surface area contributed by atoms with Crippen LogP contribution in [0.1, 0.15) is 23.8 Å². The average Bonchev–Trinajstić information content (AvgIpc) is 3.02. The summed E-state index contributed by atoms with van der Waals surface area (Å²) in [7, 11) is 0. The lowest BCUT2D eigenvalue weighted by Gasteiger charge is -2.20. The minimum atomic E-state index is -0.444. The Morgan fingerprint density at radius 2 is 2.30 bits per heavy atom. The van der Waals surface area contributed by atoms with E-state index in [4.69, 9.17) is 16.3 Å². The summed E-state index contributed by atoms with van der Waals surface area (Å²) in [5.74, 6) is -0.147. The molecule has 1 N–H and O–H groups in total. The minimum Gasteiger partial charge on any atom is -0.466 e. The number of carbonyl (C=O) groups excluding carboxylic acids is 1. The van der Waals surface area contributed by atoms with Gasteiger partial charge in [0.1, 0.15) is 22.8 Å². The first-order chi connectivity index (χ1) is 13.1. The standard InChI is InChI=1S/C19H17ClFN3O2S/c1-2-26-19(25)10-3-5-12-15(7-10)27-18-16(12)17(22-9-23-18)24-14-6-4-11(20)8-13(14)21/h4,6,8-10H,2-3,5,7H2,1H3,(H,22,23,24). The fourth-order valence-corrected chi connectivity index (χ4v) is 4.81. The molecule has 2 heterocycles. The van der Waals surface area contributed by atoms with Crippen LogP contribution < -0.4 is 5.32 Å². The molecule has 0 aliphatic heterocycles. The Morgan fingerprint density at radius 1 is 1.44 bits per heavy atom. The number of ether oxygens (including phenoxy) is 1. The number of nitrogens with zero attached hydrogens (tertiary/aromatic N) is 2. The number of aryl methyl sites for hydroxylation is 1. The Morgan fingerprint density at radius 3 is 3.07 bits per heavy atom. The van der Waals surface area contributed by atoms with E-state index in [-0.39, 0.29) is 11.9 Å². The zero-order valence-corrected chi connectivity index (χ0v) is 16.2. The third-order valence-electron chi connectivity index (χ3n) is 4.65. The van der Waals surface area contributed by atoms with E-state index in [0.717, 1.165) is 33.5 Å². The highest BCUT2D eigenvalue weighted by atomic mass is 35.5. The van der Waals surface area contributed by atoms with Crippen LogP contribution in [0, 0.1) is 11.7 Å². The van der Waals surface area contributed by atoms with Gasteiger partial charge in [0, 0.05) is 9.90 Å². The van der Waals surface area contributed by atoms with E-state index in [1.165, 1.54) is 12.4 Å². The van der Waals surface area contributed by atoms with E-state index >= 15 is 0 Å². The van der Waals surface area contributed by atoms with Gasteiger partial charge in [0.25, 0.3) is 0 Å². The minimum absolute atomic E-state index is 0.122. The van der Waals surface area contributed by atoms with Crippen LogP contribution in [0.5, 0.6) is 0 Å². The van der Waals surface area contributed by atoms with Crippen LogP contribution in [0.3, 0.4) is 0 Å². The average molecular weight is 406 g/mol. The Balaban J connectivity index is 1.69. The topological polar surface area (TPSA) is 64.1 Å². The third-order valence-corrected chi connectivity index (χ3v) is 6.05. The summed E-state index contributed by atoms with van der Waals surface area (Å²) in [6.45, 7) is 2.20. The number of aromatic nitrogens is 2. The molecule has 0 spiro atoms. The molecule has 2 aromatic heterocycles. The lowest BCUT2D eigenvalue weighted by molar-refractivity contribution is -0.148. The largest absolute Gasteiger partial charge is 0.466 e. The van der Waals surface area contributed by atoms with E-state index < -0.39 is 5.82 Å². The first kappa shape index (κ1) is 18.1. The zero-order valence-electron chi connectivity index (χ0n) is 14.6. The van der Waals surface area contributed by atoms with Crippen molar-refractivity contribution in [3.8, 4) is 0 Å². The Hall–Kier alpha value is -2.25. The van der Waals surface area contributed by atoms with Gasteiger partial charge in [0.2, 0.25) is 0 Å². The van der Waals surface area contributed by atoms with E-state index in [9.17, 15) is 9.18 Å². The smallest absolute Gasteiger partial charge is 0.309 e. The number of halogens is 2. The predicted octanol–water partition coefficient (Wildman–Crippen LogP) is 4.90. The predicted molar refractivity (Wildman–Crippen MR) is 104 cm³/mol. The summed E-state index contributed by atoms with van der Waals surface area (Å²) in [4.78, 5) is 22.7. The highest BCUT2D eigenvalue weighted by Crippen LogP contribution is 2.40. The van der Waals surface area contributed by atoms with Crippen molar-refractivity contribution in [3.05, 3.63) is 45.8 Å². The molecule has 0 saturated carbocycles. The van der Waals surface area contributed by atoms with Crippen molar-refractivity contribution >= 4 is 50.6 Å². The number of nitrogens with one attached hydrogen (secondary N) is 1. The van der Waals surface area contributed by atoms with Crippen molar-refractivity contribution in [1.29, 1.82) is 0 Å². The molecule has 140 valence electrons. The van der Waals surface area contributed by atoms with E-state index in [1.807, 2.05) is 6.92 Å². The Kier molecular flexibility index (Phi) is 4.97. The summed E-state index contributed by atoms with van der Waals surface area (Å²) in [5.41, 5.74) is 1.44. The normalized spacial score (nSPS) is 16.2. The monoisotopic (exact) mass is 405 g/mol. The Bertz CT molecular complexity index is 1020. The summed E-state index contributed by atoms with van der Waals surface area (Å²) in [6, 6.07) is 4.47. The highest BCUT2D eigenvalue weighted by Gasteiger charge is 2.30. The van der Waals surface area contributed by atoms with Crippen molar-refractivity contribution in [2.24, 2.45) is 5.92 Å². The number of carbonyl (C=O) groups is 1. The van der Waals surface area contributed by atoms with Crippen LogP contribution in [-0.2, 0) is 22.4 Å². The van der Waals surface area contributed by atoms with Gasteiger partial charge in [-0.2, -0.15) is 0 Å². The second kappa shape index (κ2) is 7.40. The number of rotatable bonds is 4.